The molecule has 0 fully saturated rings. The number of carbonyl (C=O) groups is 1. The van der Waals surface area contributed by atoms with Crippen LogP contribution in [0.25, 0.3) is 0 Å². The maximum atomic E-state index is 12.3. The van der Waals surface area contributed by atoms with Crippen LogP contribution in [0.1, 0.15) is 6.92 Å². The summed E-state index contributed by atoms with van der Waals surface area (Å²) >= 11 is 0. The summed E-state index contributed by atoms with van der Waals surface area (Å²) in [5.74, 6) is 0. The number of hydrogen-bond acceptors (Lipinski definition) is 1. The van der Waals surface area contributed by atoms with Crippen LogP contribution in [0.3, 0.4) is 0 Å². The second kappa shape index (κ2) is 4.82. The molecule has 0 radical (unpaired) electrons. The average molecular weight is 230 g/mol. The van der Waals surface area contributed by atoms with Crippen molar-refractivity contribution in [1.82, 2.24) is 4.57 Å². The summed E-state index contributed by atoms with van der Waals surface area (Å²) in [6.45, 7) is 2.61. The highest BCUT2D eigenvalue weighted by Gasteiger charge is 2.20. The lowest BCUT2D eigenvalue weighted by Crippen LogP contribution is -2.35. The van der Waals surface area contributed by atoms with Crippen LogP contribution in [-0.2, 0) is 7.05 Å². The van der Waals surface area contributed by atoms with Gasteiger partial charge in [-0.3, -0.25) is 4.90 Å². The number of carbonyl (C=O) groups excluding carboxylic acids is 1. The topological polar surface area (TPSA) is 29.1 Å². The van der Waals surface area contributed by atoms with E-state index < -0.39 is 0 Å². The molecule has 1 heterocycles. The first-order valence-corrected chi connectivity index (χ1v) is 5.62. The zero-order valence-electron chi connectivity index (χ0n) is 10.1. The highest BCUT2D eigenvalue weighted by molar-refractivity contribution is 5.93. The van der Waals surface area contributed by atoms with E-state index in [0.29, 0.717) is 6.54 Å². The van der Waals surface area contributed by atoms with Crippen LogP contribution in [0.15, 0.2) is 49.1 Å². The summed E-state index contributed by atoms with van der Waals surface area (Å²) in [5.41, 5.74) is 0.913. The molecule has 2 aromatic rings. The van der Waals surface area contributed by atoms with Gasteiger partial charge in [0.2, 0.25) is 0 Å². The summed E-state index contributed by atoms with van der Waals surface area (Å²) in [5, 5.41) is 0. The SMILES string of the molecule is CCN(C(=O)n1cc[n+](C)c1)c1ccccc1. The number of rotatable bonds is 2. The van der Waals surface area contributed by atoms with E-state index in [1.54, 1.807) is 22.0 Å². The lowest BCUT2D eigenvalue weighted by molar-refractivity contribution is -0.670. The number of nitrogens with zero attached hydrogens (tertiary/aromatic N) is 3. The van der Waals surface area contributed by atoms with Crippen molar-refractivity contribution in [2.24, 2.45) is 7.05 Å². The third kappa shape index (κ3) is 2.36. The molecular formula is C13H16N3O+. The van der Waals surface area contributed by atoms with E-state index in [2.05, 4.69) is 0 Å². The standard InChI is InChI=1S/C13H16N3O/c1-3-16(12-7-5-4-6-8-12)13(17)15-10-9-14(2)11-15/h4-11H,3H2,1-2H3/q+1. The van der Waals surface area contributed by atoms with E-state index >= 15 is 0 Å². The van der Waals surface area contributed by atoms with Crippen molar-refractivity contribution in [2.75, 3.05) is 11.4 Å². The Morgan fingerprint density at radius 1 is 1.35 bits per heavy atom. The molecule has 1 aromatic heterocycles. The minimum atomic E-state index is -0.0423. The van der Waals surface area contributed by atoms with Crippen molar-refractivity contribution in [3.63, 3.8) is 0 Å². The molecule has 0 unspecified atom stereocenters. The summed E-state index contributed by atoms with van der Waals surface area (Å²) in [6, 6.07) is 9.63. The number of aromatic nitrogens is 2. The Morgan fingerprint density at radius 3 is 2.59 bits per heavy atom. The maximum absolute atomic E-state index is 12.3. The Morgan fingerprint density at radius 2 is 2.06 bits per heavy atom. The number of para-hydroxylation sites is 1. The van der Waals surface area contributed by atoms with Crippen LogP contribution in [0.5, 0.6) is 0 Å². The van der Waals surface area contributed by atoms with Crippen molar-refractivity contribution in [2.45, 2.75) is 6.92 Å². The molecule has 0 spiro atoms. The van der Waals surface area contributed by atoms with E-state index in [9.17, 15) is 4.79 Å². The van der Waals surface area contributed by atoms with Crippen LogP contribution < -0.4 is 9.47 Å². The minimum Gasteiger partial charge on any atom is -0.274 e. The smallest absolute Gasteiger partial charge is 0.274 e. The lowest BCUT2D eigenvalue weighted by Gasteiger charge is -2.17. The molecule has 0 atom stereocenters. The Bertz CT molecular complexity index is 504. The van der Waals surface area contributed by atoms with Gasteiger partial charge in [0, 0.05) is 12.2 Å². The number of imidazole rings is 1. The monoisotopic (exact) mass is 230 g/mol. The van der Waals surface area contributed by atoms with Crippen LogP contribution in [0, 0.1) is 0 Å². The van der Waals surface area contributed by atoms with Gasteiger partial charge >= 0.3 is 6.03 Å². The fraction of sp³-hybridized carbons (Fsp3) is 0.231. The summed E-state index contributed by atoms with van der Waals surface area (Å²) in [6.07, 6.45) is 5.36. The minimum absolute atomic E-state index is 0.0423. The van der Waals surface area contributed by atoms with Gasteiger partial charge in [0.15, 0.2) is 0 Å². The Kier molecular flexibility index (Phi) is 3.23. The molecule has 0 bridgehead atoms. The van der Waals surface area contributed by atoms with E-state index in [1.165, 1.54) is 0 Å². The largest absolute Gasteiger partial charge is 0.420 e. The van der Waals surface area contributed by atoms with Gasteiger partial charge in [-0.1, -0.05) is 18.2 Å². The Hall–Kier alpha value is -2.10. The molecule has 0 saturated heterocycles. The van der Waals surface area contributed by atoms with Crippen LogP contribution in [0.2, 0.25) is 0 Å². The predicted octanol–water partition coefficient (Wildman–Crippen LogP) is 1.81. The van der Waals surface area contributed by atoms with E-state index in [4.69, 9.17) is 0 Å². The van der Waals surface area contributed by atoms with Crippen molar-refractivity contribution >= 4 is 11.7 Å². The van der Waals surface area contributed by atoms with Crippen molar-refractivity contribution < 1.29 is 9.36 Å². The molecule has 1 amide bonds. The van der Waals surface area contributed by atoms with E-state index in [1.807, 2.05) is 55.1 Å². The first-order chi connectivity index (χ1) is 8.22. The molecule has 4 nitrogen and oxygen atoms in total. The molecule has 4 heteroatoms. The fourth-order valence-corrected chi connectivity index (χ4v) is 1.74. The number of hydrogen-bond donors (Lipinski definition) is 0. The molecule has 0 aliphatic rings. The first kappa shape index (κ1) is 11.4. The normalized spacial score (nSPS) is 10.2. The molecular weight excluding hydrogens is 214 g/mol. The molecule has 17 heavy (non-hydrogen) atoms. The number of benzene rings is 1. The second-order valence-corrected chi connectivity index (χ2v) is 3.85. The van der Waals surface area contributed by atoms with Gasteiger partial charge in [0.05, 0.1) is 7.05 Å². The van der Waals surface area contributed by atoms with Gasteiger partial charge in [-0.25, -0.2) is 9.36 Å². The second-order valence-electron chi connectivity index (χ2n) is 3.85. The van der Waals surface area contributed by atoms with Crippen LogP contribution in [0.4, 0.5) is 10.5 Å². The maximum Gasteiger partial charge on any atom is 0.420 e. The zero-order valence-corrected chi connectivity index (χ0v) is 10.1. The number of anilines is 1. The third-order valence-corrected chi connectivity index (χ3v) is 2.60. The van der Waals surface area contributed by atoms with Gasteiger partial charge in [-0.2, -0.15) is 4.57 Å². The molecule has 2 rings (SSSR count). The zero-order chi connectivity index (χ0) is 12.3. The number of amides is 1. The lowest BCUT2D eigenvalue weighted by atomic mass is 10.3. The third-order valence-electron chi connectivity index (χ3n) is 2.60. The Labute approximate surface area is 101 Å². The first-order valence-electron chi connectivity index (χ1n) is 5.62. The van der Waals surface area contributed by atoms with Gasteiger partial charge in [0.1, 0.15) is 12.4 Å². The molecule has 0 saturated carbocycles. The molecule has 1 aromatic carbocycles. The highest BCUT2D eigenvalue weighted by Crippen LogP contribution is 2.13. The summed E-state index contributed by atoms with van der Waals surface area (Å²) < 4.78 is 3.42. The van der Waals surface area contributed by atoms with Gasteiger partial charge in [-0.15, -0.1) is 0 Å². The summed E-state index contributed by atoms with van der Waals surface area (Å²) in [7, 11) is 1.89. The summed E-state index contributed by atoms with van der Waals surface area (Å²) in [4.78, 5) is 14.0. The van der Waals surface area contributed by atoms with Crippen molar-refractivity contribution in [3.05, 3.63) is 49.1 Å². The van der Waals surface area contributed by atoms with Crippen molar-refractivity contribution in [3.8, 4) is 0 Å². The molecule has 0 aliphatic carbocycles. The van der Waals surface area contributed by atoms with Gasteiger partial charge < -0.3 is 0 Å². The quantitative estimate of drug-likeness (QED) is 0.723. The fourth-order valence-electron chi connectivity index (χ4n) is 1.74. The van der Waals surface area contributed by atoms with Gasteiger partial charge in [0.25, 0.3) is 6.33 Å². The molecule has 0 N–H and O–H groups in total. The van der Waals surface area contributed by atoms with E-state index in [-0.39, 0.29) is 6.03 Å². The molecule has 0 aliphatic heterocycles. The average Bonchev–Trinajstić information content (AvgIpc) is 2.78. The van der Waals surface area contributed by atoms with Crippen molar-refractivity contribution in [1.29, 1.82) is 0 Å². The molecule has 88 valence electrons. The van der Waals surface area contributed by atoms with Crippen LogP contribution in [-0.4, -0.2) is 17.1 Å². The van der Waals surface area contributed by atoms with E-state index in [0.717, 1.165) is 5.69 Å². The van der Waals surface area contributed by atoms with Crippen LogP contribution >= 0.6 is 0 Å². The Balaban J connectivity index is 2.28. The van der Waals surface area contributed by atoms with Gasteiger partial charge in [-0.05, 0) is 19.1 Å². The predicted molar refractivity (Wildman–Crippen MR) is 65.9 cm³/mol. The highest BCUT2D eigenvalue weighted by atomic mass is 16.2. The number of aryl methyl sites for hydroxylation is 1.